The molecule has 0 aromatic heterocycles. The van der Waals surface area contributed by atoms with Crippen LogP contribution in [0, 0.1) is 22.2 Å². The van der Waals surface area contributed by atoms with Gasteiger partial charge in [-0.1, -0.05) is 104 Å². The summed E-state index contributed by atoms with van der Waals surface area (Å²) in [5.74, 6) is 0.739. The Hall–Kier alpha value is -0.260. The second-order valence-electron chi connectivity index (χ2n) is 9.22. The normalized spacial score (nSPS) is 12.8. The lowest BCUT2D eigenvalue weighted by Gasteiger charge is -2.36. The minimum Gasteiger partial charge on any atom is -0.0993 e. The average Bonchev–Trinajstić information content (AvgIpc) is 2.06. The SMILES string of the molecule is C.C.C.C.C=C(CC(CCC(C)(C)C)C(C)(C)C)C(C)(C)C. The van der Waals surface area contributed by atoms with Crippen molar-refractivity contribution in [3.05, 3.63) is 12.2 Å². The van der Waals surface area contributed by atoms with E-state index in [1.165, 1.54) is 24.8 Å². The van der Waals surface area contributed by atoms with E-state index in [0.717, 1.165) is 5.92 Å². The van der Waals surface area contributed by atoms with E-state index >= 15 is 0 Å². The zero-order chi connectivity index (χ0) is 14.8. The molecule has 1 unspecified atom stereocenters. The van der Waals surface area contributed by atoms with Gasteiger partial charge in [-0.25, -0.2) is 0 Å². The summed E-state index contributed by atoms with van der Waals surface area (Å²) in [6.07, 6.45) is 3.78. The zero-order valence-corrected chi connectivity index (χ0v) is 14.4. The van der Waals surface area contributed by atoms with Crippen LogP contribution in [0.25, 0.3) is 0 Å². The first kappa shape index (κ1) is 33.4. The van der Waals surface area contributed by atoms with Crippen molar-refractivity contribution in [1.82, 2.24) is 0 Å². The highest BCUT2D eigenvalue weighted by atomic mass is 14.3. The standard InChI is InChI=1S/C18H36.4CH4/c1-14(17(5,6)7)13-15(18(8,9)10)11-12-16(2,3)4;;;;/h15H,1,11-13H2,2-10H3;4*1H4. The van der Waals surface area contributed by atoms with Crippen LogP contribution in [0.4, 0.5) is 0 Å². The molecule has 0 aromatic rings. The van der Waals surface area contributed by atoms with E-state index < -0.39 is 0 Å². The van der Waals surface area contributed by atoms with Gasteiger partial charge >= 0.3 is 0 Å². The summed E-state index contributed by atoms with van der Waals surface area (Å²) in [4.78, 5) is 0. The van der Waals surface area contributed by atoms with E-state index in [0.29, 0.717) is 10.8 Å². The molecule has 0 aliphatic rings. The molecule has 1 atom stereocenters. The first-order valence-electron chi connectivity index (χ1n) is 7.42. The number of hydrogen-bond acceptors (Lipinski definition) is 0. The van der Waals surface area contributed by atoms with Crippen molar-refractivity contribution in [2.45, 2.75) is 111 Å². The van der Waals surface area contributed by atoms with E-state index in [9.17, 15) is 0 Å². The zero-order valence-electron chi connectivity index (χ0n) is 14.4. The van der Waals surface area contributed by atoms with Crippen LogP contribution in [0.5, 0.6) is 0 Å². The minimum absolute atomic E-state index is 0. The molecule has 0 saturated heterocycles. The Morgan fingerprint density at radius 2 is 1.14 bits per heavy atom. The van der Waals surface area contributed by atoms with Gasteiger partial charge in [-0.3, -0.25) is 0 Å². The lowest BCUT2D eigenvalue weighted by molar-refractivity contribution is 0.188. The fourth-order valence-corrected chi connectivity index (χ4v) is 2.05. The minimum atomic E-state index is 0. The molecule has 0 saturated carbocycles. The number of rotatable bonds is 4. The van der Waals surface area contributed by atoms with Gasteiger partial charge in [-0.15, -0.1) is 0 Å². The van der Waals surface area contributed by atoms with Crippen LogP contribution >= 0.6 is 0 Å². The van der Waals surface area contributed by atoms with E-state index in [4.69, 9.17) is 0 Å². The lowest BCUT2D eigenvalue weighted by atomic mass is 9.70. The van der Waals surface area contributed by atoms with Crippen LogP contribution in [0.15, 0.2) is 12.2 Å². The molecule has 0 aliphatic carbocycles. The Labute approximate surface area is 146 Å². The van der Waals surface area contributed by atoms with Crippen molar-refractivity contribution in [3.8, 4) is 0 Å². The fraction of sp³-hybridized carbons (Fsp3) is 0.909. The smallest absolute Gasteiger partial charge is 0.0176 e. The summed E-state index contributed by atoms with van der Waals surface area (Å²) in [5.41, 5.74) is 2.45. The van der Waals surface area contributed by atoms with Gasteiger partial charge in [0.05, 0.1) is 0 Å². The third-order valence-electron chi connectivity index (χ3n) is 4.02. The molecule has 0 N–H and O–H groups in total. The maximum Gasteiger partial charge on any atom is -0.0176 e. The predicted octanol–water partition coefficient (Wildman–Crippen LogP) is 9.01. The molecule has 0 amide bonds. The van der Waals surface area contributed by atoms with E-state index in [1.807, 2.05) is 0 Å². The molecule has 0 rings (SSSR count). The molecule has 0 aliphatic heterocycles. The highest BCUT2D eigenvalue weighted by Gasteiger charge is 2.29. The maximum absolute atomic E-state index is 4.32. The molecule has 0 spiro atoms. The van der Waals surface area contributed by atoms with Crippen molar-refractivity contribution in [1.29, 1.82) is 0 Å². The molecular weight excluding hydrogens is 264 g/mol. The Bertz CT molecular complexity index is 262. The summed E-state index contributed by atoms with van der Waals surface area (Å²) in [5, 5.41) is 0. The van der Waals surface area contributed by atoms with Gasteiger partial charge in [0, 0.05) is 0 Å². The van der Waals surface area contributed by atoms with Crippen molar-refractivity contribution in [3.63, 3.8) is 0 Å². The molecule has 0 heteroatoms. The third kappa shape index (κ3) is 14.7. The van der Waals surface area contributed by atoms with Crippen molar-refractivity contribution in [2.75, 3.05) is 0 Å². The third-order valence-corrected chi connectivity index (χ3v) is 4.02. The first-order chi connectivity index (χ1) is 7.73. The molecule has 140 valence electrons. The van der Waals surface area contributed by atoms with E-state index in [1.54, 1.807) is 0 Å². The van der Waals surface area contributed by atoms with Gasteiger partial charge < -0.3 is 0 Å². The Kier molecular flexibility index (Phi) is 17.1. The first-order valence-corrected chi connectivity index (χ1v) is 7.42. The molecule has 22 heavy (non-hydrogen) atoms. The highest BCUT2D eigenvalue weighted by Crippen LogP contribution is 2.40. The van der Waals surface area contributed by atoms with Gasteiger partial charge in [0.15, 0.2) is 0 Å². The molecule has 0 bridgehead atoms. The van der Waals surface area contributed by atoms with Crippen LogP contribution < -0.4 is 0 Å². The van der Waals surface area contributed by atoms with Crippen LogP contribution in [-0.2, 0) is 0 Å². The topological polar surface area (TPSA) is 0 Å². The monoisotopic (exact) mass is 316 g/mol. The van der Waals surface area contributed by atoms with Gasteiger partial charge in [-0.2, -0.15) is 0 Å². The summed E-state index contributed by atoms with van der Waals surface area (Å²) in [6.45, 7) is 25.3. The Morgan fingerprint density at radius 1 is 0.773 bits per heavy atom. The van der Waals surface area contributed by atoms with Crippen LogP contribution in [-0.4, -0.2) is 0 Å². The molecular formula is C22H52. The average molecular weight is 317 g/mol. The number of allylic oxidation sites excluding steroid dienone is 1. The summed E-state index contributed by atoms with van der Waals surface area (Å²) in [6, 6.07) is 0. The van der Waals surface area contributed by atoms with Gasteiger partial charge in [0.25, 0.3) is 0 Å². The molecule has 0 radical (unpaired) electrons. The van der Waals surface area contributed by atoms with Gasteiger partial charge in [0.1, 0.15) is 0 Å². The number of hydrogen-bond donors (Lipinski definition) is 0. The molecule has 0 nitrogen and oxygen atoms in total. The van der Waals surface area contributed by atoms with Crippen LogP contribution in [0.1, 0.15) is 111 Å². The Balaban J connectivity index is -0.000000241. The summed E-state index contributed by atoms with van der Waals surface area (Å²) in [7, 11) is 0. The largest absolute Gasteiger partial charge is 0.0993 e. The van der Waals surface area contributed by atoms with Gasteiger partial charge in [-0.05, 0) is 41.4 Å². The van der Waals surface area contributed by atoms with Crippen molar-refractivity contribution in [2.24, 2.45) is 22.2 Å². The molecule has 0 fully saturated rings. The van der Waals surface area contributed by atoms with Crippen molar-refractivity contribution < 1.29 is 0 Å². The summed E-state index contributed by atoms with van der Waals surface area (Å²) >= 11 is 0. The van der Waals surface area contributed by atoms with Crippen molar-refractivity contribution >= 4 is 0 Å². The predicted molar refractivity (Wildman–Crippen MR) is 112 cm³/mol. The quantitative estimate of drug-likeness (QED) is 0.454. The van der Waals surface area contributed by atoms with Gasteiger partial charge in [0.2, 0.25) is 0 Å². The Morgan fingerprint density at radius 3 is 1.36 bits per heavy atom. The molecule has 0 aromatic carbocycles. The van der Waals surface area contributed by atoms with E-state index in [2.05, 4.69) is 68.9 Å². The van der Waals surface area contributed by atoms with Crippen LogP contribution in [0.2, 0.25) is 0 Å². The fourth-order valence-electron chi connectivity index (χ4n) is 2.05. The summed E-state index contributed by atoms with van der Waals surface area (Å²) < 4.78 is 0. The highest BCUT2D eigenvalue weighted by molar-refractivity contribution is 5.07. The maximum atomic E-state index is 4.32. The second-order valence-corrected chi connectivity index (χ2v) is 9.22. The van der Waals surface area contributed by atoms with E-state index in [-0.39, 0.29) is 35.1 Å². The second kappa shape index (κ2) is 11.3. The molecule has 0 heterocycles. The lowest BCUT2D eigenvalue weighted by Crippen LogP contribution is -2.25. The van der Waals surface area contributed by atoms with Crippen LogP contribution in [0.3, 0.4) is 0 Å².